The molecule has 1 heterocycles. The van der Waals surface area contributed by atoms with Gasteiger partial charge in [-0.15, -0.1) is 0 Å². The van der Waals surface area contributed by atoms with Crippen molar-refractivity contribution in [3.63, 3.8) is 0 Å². The van der Waals surface area contributed by atoms with Crippen LogP contribution in [0.3, 0.4) is 0 Å². The highest BCUT2D eigenvalue weighted by molar-refractivity contribution is 9.10. The molecule has 0 aliphatic rings. The van der Waals surface area contributed by atoms with Crippen molar-refractivity contribution in [2.45, 2.75) is 6.61 Å². The lowest BCUT2D eigenvalue weighted by Crippen LogP contribution is -2.09. The van der Waals surface area contributed by atoms with E-state index in [1.807, 2.05) is 29.8 Å². The Hall–Kier alpha value is -1.40. The van der Waals surface area contributed by atoms with Gasteiger partial charge in [-0.3, -0.25) is 0 Å². The molecule has 0 saturated heterocycles. The Labute approximate surface area is 106 Å². The van der Waals surface area contributed by atoms with Gasteiger partial charge in [0, 0.05) is 11.5 Å². The number of rotatable bonds is 4. The van der Waals surface area contributed by atoms with E-state index < -0.39 is 5.97 Å². The van der Waals surface area contributed by atoms with E-state index in [1.54, 1.807) is 0 Å². The first-order valence-corrected chi connectivity index (χ1v) is 5.77. The SMILES string of the molecule is Cn1c(COCC(=O)O)nc2cc(Br)ccc21. The van der Waals surface area contributed by atoms with Crippen LogP contribution >= 0.6 is 15.9 Å². The summed E-state index contributed by atoms with van der Waals surface area (Å²) in [5.41, 5.74) is 1.85. The number of imidazole rings is 1. The fourth-order valence-electron chi connectivity index (χ4n) is 1.58. The number of hydrogen-bond acceptors (Lipinski definition) is 3. The van der Waals surface area contributed by atoms with E-state index in [9.17, 15) is 4.79 Å². The van der Waals surface area contributed by atoms with Crippen LogP contribution in [0.25, 0.3) is 11.0 Å². The van der Waals surface area contributed by atoms with E-state index in [2.05, 4.69) is 20.9 Å². The Balaban J connectivity index is 2.23. The zero-order chi connectivity index (χ0) is 12.4. The molecule has 0 amide bonds. The monoisotopic (exact) mass is 298 g/mol. The van der Waals surface area contributed by atoms with Gasteiger partial charge in [0.25, 0.3) is 0 Å². The normalized spacial score (nSPS) is 10.9. The number of nitrogens with zero attached hydrogens (tertiary/aromatic N) is 2. The van der Waals surface area contributed by atoms with E-state index in [4.69, 9.17) is 9.84 Å². The van der Waals surface area contributed by atoms with Gasteiger partial charge in [0.15, 0.2) is 0 Å². The smallest absolute Gasteiger partial charge is 0.329 e. The van der Waals surface area contributed by atoms with Gasteiger partial charge in [-0.2, -0.15) is 0 Å². The standard InChI is InChI=1S/C11H11BrN2O3/c1-14-9-3-2-7(12)4-8(9)13-10(14)5-17-6-11(15)16/h2-4H,5-6H2,1H3,(H,15,16). The first-order chi connectivity index (χ1) is 8.08. The van der Waals surface area contributed by atoms with Gasteiger partial charge >= 0.3 is 5.97 Å². The summed E-state index contributed by atoms with van der Waals surface area (Å²) in [5, 5.41) is 8.48. The van der Waals surface area contributed by atoms with Crippen molar-refractivity contribution in [3.05, 3.63) is 28.5 Å². The molecular formula is C11H11BrN2O3. The van der Waals surface area contributed by atoms with Crippen molar-refractivity contribution < 1.29 is 14.6 Å². The molecule has 2 rings (SSSR count). The molecule has 1 N–H and O–H groups in total. The Morgan fingerprint density at radius 2 is 2.35 bits per heavy atom. The van der Waals surface area contributed by atoms with Crippen LogP contribution in [0.1, 0.15) is 5.82 Å². The summed E-state index contributed by atoms with van der Waals surface area (Å²) in [7, 11) is 1.88. The minimum atomic E-state index is -0.980. The minimum Gasteiger partial charge on any atom is -0.480 e. The molecule has 1 aromatic heterocycles. The Morgan fingerprint density at radius 3 is 3.06 bits per heavy atom. The lowest BCUT2D eigenvalue weighted by Gasteiger charge is -2.02. The van der Waals surface area contributed by atoms with Crippen LogP contribution in [0.15, 0.2) is 22.7 Å². The van der Waals surface area contributed by atoms with Gasteiger partial charge in [0.2, 0.25) is 0 Å². The predicted molar refractivity (Wildman–Crippen MR) is 65.7 cm³/mol. The summed E-state index contributed by atoms with van der Waals surface area (Å²) in [6.07, 6.45) is 0. The van der Waals surface area contributed by atoms with Crippen molar-refractivity contribution >= 4 is 32.9 Å². The van der Waals surface area contributed by atoms with E-state index in [-0.39, 0.29) is 13.2 Å². The molecule has 0 saturated carbocycles. The second-order valence-corrected chi connectivity index (χ2v) is 4.52. The number of aromatic nitrogens is 2. The van der Waals surface area contributed by atoms with Crippen LogP contribution in [0.2, 0.25) is 0 Å². The Kier molecular flexibility index (Phi) is 3.44. The highest BCUT2D eigenvalue weighted by Gasteiger charge is 2.08. The minimum absolute atomic E-state index is 0.190. The van der Waals surface area contributed by atoms with Gasteiger partial charge in [-0.25, -0.2) is 9.78 Å². The molecule has 90 valence electrons. The van der Waals surface area contributed by atoms with E-state index in [0.29, 0.717) is 5.82 Å². The Morgan fingerprint density at radius 1 is 1.59 bits per heavy atom. The number of carboxylic acid groups (broad SMARTS) is 1. The van der Waals surface area contributed by atoms with Crippen LogP contribution in [0, 0.1) is 0 Å². The average Bonchev–Trinajstić information content (AvgIpc) is 2.55. The third kappa shape index (κ3) is 2.65. The second kappa shape index (κ2) is 4.85. The Bertz CT molecular complexity index is 565. The van der Waals surface area contributed by atoms with E-state index in [0.717, 1.165) is 15.5 Å². The molecule has 0 radical (unpaired) electrons. The maximum atomic E-state index is 10.3. The van der Waals surface area contributed by atoms with Crippen molar-refractivity contribution in [3.8, 4) is 0 Å². The van der Waals surface area contributed by atoms with E-state index >= 15 is 0 Å². The quantitative estimate of drug-likeness (QED) is 0.937. The molecule has 5 nitrogen and oxygen atoms in total. The zero-order valence-electron chi connectivity index (χ0n) is 9.18. The fourth-order valence-corrected chi connectivity index (χ4v) is 1.93. The number of benzene rings is 1. The third-order valence-electron chi connectivity index (χ3n) is 2.39. The maximum absolute atomic E-state index is 10.3. The summed E-state index contributed by atoms with van der Waals surface area (Å²) in [6, 6.07) is 5.80. The number of carbonyl (C=O) groups is 1. The summed E-state index contributed by atoms with van der Waals surface area (Å²) in [5.74, 6) is -0.272. The number of aryl methyl sites for hydroxylation is 1. The number of halogens is 1. The maximum Gasteiger partial charge on any atom is 0.329 e. The van der Waals surface area contributed by atoms with Gasteiger partial charge in [0.05, 0.1) is 11.0 Å². The lowest BCUT2D eigenvalue weighted by atomic mass is 10.3. The third-order valence-corrected chi connectivity index (χ3v) is 2.89. The summed E-state index contributed by atoms with van der Waals surface area (Å²) < 4.78 is 7.88. The molecule has 0 unspecified atom stereocenters. The van der Waals surface area contributed by atoms with Crippen LogP contribution in [0.4, 0.5) is 0 Å². The number of hydrogen-bond donors (Lipinski definition) is 1. The first kappa shape index (κ1) is 12.1. The van der Waals surface area contributed by atoms with Crippen molar-refractivity contribution in [1.29, 1.82) is 0 Å². The molecule has 6 heteroatoms. The average molecular weight is 299 g/mol. The van der Waals surface area contributed by atoms with Crippen LogP contribution < -0.4 is 0 Å². The topological polar surface area (TPSA) is 64.3 Å². The number of fused-ring (bicyclic) bond motifs is 1. The van der Waals surface area contributed by atoms with Gasteiger partial charge in [-0.05, 0) is 18.2 Å². The molecule has 1 aromatic carbocycles. The molecule has 17 heavy (non-hydrogen) atoms. The highest BCUT2D eigenvalue weighted by atomic mass is 79.9. The number of ether oxygens (including phenoxy) is 1. The van der Waals surface area contributed by atoms with Crippen LogP contribution in [-0.2, 0) is 23.2 Å². The van der Waals surface area contributed by atoms with Crippen molar-refractivity contribution in [2.24, 2.45) is 7.05 Å². The van der Waals surface area contributed by atoms with Crippen molar-refractivity contribution in [2.75, 3.05) is 6.61 Å². The first-order valence-electron chi connectivity index (χ1n) is 4.98. The second-order valence-electron chi connectivity index (χ2n) is 3.61. The van der Waals surface area contributed by atoms with Gasteiger partial charge in [-0.1, -0.05) is 15.9 Å². The molecule has 0 fully saturated rings. The van der Waals surface area contributed by atoms with Gasteiger partial charge < -0.3 is 14.4 Å². The molecule has 0 aliphatic carbocycles. The van der Waals surface area contributed by atoms with Gasteiger partial charge in [0.1, 0.15) is 19.0 Å². The van der Waals surface area contributed by atoms with Crippen LogP contribution in [0.5, 0.6) is 0 Å². The summed E-state index contributed by atoms with van der Waals surface area (Å²) in [4.78, 5) is 14.7. The molecule has 0 atom stereocenters. The predicted octanol–water partition coefficient (Wildman–Crippen LogP) is 1.94. The fraction of sp³-hybridized carbons (Fsp3) is 0.273. The molecular weight excluding hydrogens is 288 g/mol. The van der Waals surface area contributed by atoms with Crippen molar-refractivity contribution in [1.82, 2.24) is 9.55 Å². The number of carboxylic acids is 1. The zero-order valence-corrected chi connectivity index (χ0v) is 10.8. The molecule has 0 aliphatic heterocycles. The molecule has 2 aromatic rings. The summed E-state index contributed by atoms with van der Waals surface area (Å²) in [6.45, 7) is -0.123. The van der Waals surface area contributed by atoms with Crippen LogP contribution in [-0.4, -0.2) is 27.2 Å². The molecule has 0 spiro atoms. The number of aliphatic carboxylic acids is 1. The van der Waals surface area contributed by atoms with E-state index in [1.165, 1.54) is 0 Å². The largest absolute Gasteiger partial charge is 0.480 e. The highest BCUT2D eigenvalue weighted by Crippen LogP contribution is 2.20. The molecule has 0 bridgehead atoms. The summed E-state index contributed by atoms with van der Waals surface area (Å²) >= 11 is 3.38. The lowest BCUT2D eigenvalue weighted by molar-refractivity contribution is -0.142.